The van der Waals surface area contributed by atoms with Crippen molar-refractivity contribution in [3.63, 3.8) is 0 Å². The molecule has 1 aromatic rings. The van der Waals surface area contributed by atoms with Gasteiger partial charge in [-0.2, -0.15) is 0 Å². The lowest BCUT2D eigenvalue weighted by Crippen LogP contribution is -2.69. The van der Waals surface area contributed by atoms with Gasteiger partial charge in [0.15, 0.2) is 6.29 Å². The van der Waals surface area contributed by atoms with Crippen LogP contribution in [-0.2, 0) is 14.3 Å². The molecule has 0 amide bonds. The highest BCUT2D eigenvalue weighted by molar-refractivity contribution is 5.64. The molecule has 5 aliphatic rings. The first-order valence-electron chi connectivity index (χ1n) is 14.9. The Morgan fingerprint density at radius 1 is 0.976 bits per heavy atom. The van der Waals surface area contributed by atoms with E-state index in [4.69, 9.17) is 13.9 Å². The Morgan fingerprint density at radius 2 is 1.73 bits per heavy atom. The second kappa shape index (κ2) is 10.2. The first-order valence-corrected chi connectivity index (χ1v) is 14.9. The standard InChI is InChI=1S/C30H42O11/c1-27-8-5-19-20(30(27,38)11-7-18(27)16-2-3-22(33)39-14-16)6-10-29(37)12-17(4-9-28(19,29)15-32)40-26-25(36)24(35)23(34)21(13-31)41-26/h2-3,14-15,17-21,23-26,31,34-38H,4-13H2,1H3/t17-,18+,19-,20+,21+,23+,24-,25+,26?,27+,28-,29-,30-/m0/s1. The van der Waals surface area contributed by atoms with Gasteiger partial charge in [0, 0.05) is 17.9 Å². The fourth-order valence-corrected chi connectivity index (χ4v) is 9.72. The van der Waals surface area contributed by atoms with Gasteiger partial charge < -0.3 is 49.3 Å². The minimum atomic E-state index is -1.57. The molecule has 0 aromatic carbocycles. The highest BCUT2D eigenvalue weighted by Crippen LogP contribution is 2.71. The molecule has 41 heavy (non-hydrogen) atoms. The summed E-state index contributed by atoms with van der Waals surface area (Å²) in [6, 6.07) is 3.19. The molecule has 1 aliphatic heterocycles. The number of aldehydes is 1. The summed E-state index contributed by atoms with van der Waals surface area (Å²) in [7, 11) is 0. The van der Waals surface area contributed by atoms with Crippen molar-refractivity contribution in [2.45, 2.75) is 119 Å². The lowest BCUT2D eigenvalue weighted by atomic mass is 9.41. The summed E-state index contributed by atoms with van der Waals surface area (Å²) >= 11 is 0. The lowest BCUT2D eigenvalue weighted by molar-refractivity contribution is -0.322. The van der Waals surface area contributed by atoms with Gasteiger partial charge in [-0.1, -0.05) is 6.92 Å². The number of aliphatic hydroxyl groups is 6. The third kappa shape index (κ3) is 4.15. The minimum Gasteiger partial charge on any atom is -0.431 e. The number of rotatable bonds is 5. The Bertz CT molecular complexity index is 1180. The molecular weight excluding hydrogens is 536 g/mol. The number of fused-ring (bicyclic) bond motifs is 5. The maximum Gasteiger partial charge on any atom is 0.335 e. The van der Waals surface area contributed by atoms with Crippen molar-refractivity contribution in [1.29, 1.82) is 0 Å². The van der Waals surface area contributed by atoms with Crippen LogP contribution < -0.4 is 5.63 Å². The Kier molecular flexibility index (Phi) is 7.30. The Hall–Kier alpha value is -1.70. The van der Waals surface area contributed by atoms with Gasteiger partial charge in [-0.05, 0) is 80.8 Å². The van der Waals surface area contributed by atoms with E-state index in [1.54, 1.807) is 6.07 Å². The Labute approximate surface area is 238 Å². The van der Waals surface area contributed by atoms with Gasteiger partial charge in [0.1, 0.15) is 30.7 Å². The second-order valence-corrected chi connectivity index (χ2v) is 13.5. The predicted molar refractivity (Wildman–Crippen MR) is 141 cm³/mol. The van der Waals surface area contributed by atoms with Crippen LogP contribution in [0.5, 0.6) is 0 Å². The molecule has 5 fully saturated rings. The van der Waals surface area contributed by atoms with E-state index in [0.29, 0.717) is 44.9 Å². The summed E-state index contributed by atoms with van der Waals surface area (Å²) in [6.07, 6.45) is -0.939. The minimum absolute atomic E-state index is 0.00784. The van der Waals surface area contributed by atoms with Crippen LogP contribution in [0.15, 0.2) is 27.6 Å². The van der Waals surface area contributed by atoms with Crippen molar-refractivity contribution in [3.05, 3.63) is 34.4 Å². The zero-order valence-electron chi connectivity index (χ0n) is 23.3. The molecule has 2 heterocycles. The van der Waals surface area contributed by atoms with Gasteiger partial charge in [0.2, 0.25) is 0 Å². The summed E-state index contributed by atoms with van der Waals surface area (Å²) in [5.74, 6) is -0.402. The van der Waals surface area contributed by atoms with E-state index in [1.165, 1.54) is 12.3 Å². The Morgan fingerprint density at radius 3 is 2.41 bits per heavy atom. The SMILES string of the molecule is C[C@]12CC[C@H]3[C@@H](CC[C@]4(O)C[C@@H](OC5O[C@H](CO)[C@@H](O)[C@H](O)[C@H]5O)CC[C@]34C=O)[C@@]1(O)CC[C@@H]2c1ccc(=O)oc1. The lowest BCUT2D eigenvalue weighted by Gasteiger charge is -2.65. The smallest absolute Gasteiger partial charge is 0.335 e. The molecule has 6 N–H and O–H groups in total. The van der Waals surface area contributed by atoms with Gasteiger partial charge in [-0.25, -0.2) is 4.79 Å². The van der Waals surface area contributed by atoms with Gasteiger partial charge in [-0.15, -0.1) is 0 Å². The van der Waals surface area contributed by atoms with Crippen molar-refractivity contribution in [2.24, 2.45) is 22.7 Å². The van der Waals surface area contributed by atoms with Gasteiger partial charge in [-0.3, -0.25) is 0 Å². The monoisotopic (exact) mass is 578 g/mol. The molecule has 6 rings (SSSR count). The molecular formula is C30H42O11. The summed E-state index contributed by atoms with van der Waals surface area (Å²) in [4.78, 5) is 24.6. The summed E-state index contributed by atoms with van der Waals surface area (Å²) in [6.45, 7) is 1.53. The predicted octanol–water partition coefficient (Wildman–Crippen LogP) is 0.360. The first kappa shape index (κ1) is 29.4. The van der Waals surface area contributed by atoms with E-state index in [1.807, 2.05) is 0 Å². The van der Waals surface area contributed by atoms with Crippen LogP contribution in [0, 0.1) is 22.7 Å². The fraction of sp³-hybridized carbons (Fsp3) is 0.800. The van der Waals surface area contributed by atoms with Crippen LogP contribution in [0.2, 0.25) is 0 Å². The van der Waals surface area contributed by atoms with Crippen molar-refractivity contribution < 1.29 is 49.3 Å². The third-order valence-electron chi connectivity index (χ3n) is 12.0. The average Bonchev–Trinajstić information content (AvgIpc) is 3.24. The molecule has 4 aliphatic carbocycles. The molecule has 1 aromatic heterocycles. The number of carbonyl (C=O) groups excluding carboxylic acids is 1. The van der Waals surface area contributed by atoms with E-state index in [-0.39, 0.29) is 24.2 Å². The number of carbonyl (C=O) groups is 1. The number of hydrogen-bond donors (Lipinski definition) is 6. The third-order valence-corrected chi connectivity index (χ3v) is 12.0. The normalized spacial score (nSPS) is 51.3. The van der Waals surface area contributed by atoms with Crippen molar-refractivity contribution in [1.82, 2.24) is 0 Å². The van der Waals surface area contributed by atoms with Crippen LogP contribution >= 0.6 is 0 Å². The van der Waals surface area contributed by atoms with Crippen LogP contribution in [-0.4, -0.2) is 91.5 Å². The van der Waals surface area contributed by atoms with Gasteiger partial charge in [0.25, 0.3) is 0 Å². The topological polar surface area (TPSA) is 187 Å². The maximum absolute atomic E-state index is 13.0. The maximum atomic E-state index is 13.0. The molecule has 1 unspecified atom stereocenters. The molecule has 0 spiro atoms. The first-order chi connectivity index (χ1) is 19.4. The largest absolute Gasteiger partial charge is 0.431 e. The highest BCUT2D eigenvalue weighted by Gasteiger charge is 2.71. The number of aliphatic hydroxyl groups excluding tert-OH is 4. The summed E-state index contributed by atoms with van der Waals surface area (Å²) in [5, 5.41) is 64.7. The van der Waals surface area contributed by atoms with E-state index in [0.717, 1.165) is 18.3 Å². The van der Waals surface area contributed by atoms with Crippen LogP contribution in [0.3, 0.4) is 0 Å². The molecule has 4 saturated carbocycles. The highest BCUT2D eigenvalue weighted by atomic mass is 16.7. The molecule has 1 saturated heterocycles. The van der Waals surface area contributed by atoms with Crippen LogP contribution in [0.25, 0.3) is 0 Å². The van der Waals surface area contributed by atoms with Crippen molar-refractivity contribution >= 4 is 6.29 Å². The van der Waals surface area contributed by atoms with Crippen LogP contribution in [0.1, 0.15) is 76.2 Å². The second-order valence-electron chi connectivity index (χ2n) is 13.5. The van der Waals surface area contributed by atoms with E-state index in [2.05, 4.69) is 6.92 Å². The molecule has 228 valence electrons. The zero-order valence-corrected chi connectivity index (χ0v) is 23.3. The number of ether oxygens (including phenoxy) is 2. The quantitative estimate of drug-likeness (QED) is 0.209. The van der Waals surface area contributed by atoms with Gasteiger partial charge >= 0.3 is 5.63 Å². The summed E-state index contributed by atoms with van der Waals surface area (Å²) < 4.78 is 16.7. The number of hydrogen-bond acceptors (Lipinski definition) is 11. The van der Waals surface area contributed by atoms with Crippen molar-refractivity contribution in [3.8, 4) is 0 Å². The fourth-order valence-electron chi connectivity index (χ4n) is 9.72. The van der Waals surface area contributed by atoms with Crippen molar-refractivity contribution in [2.75, 3.05) is 6.61 Å². The average molecular weight is 579 g/mol. The van der Waals surface area contributed by atoms with Gasteiger partial charge in [0.05, 0.1) is 35.6 Å². The molecule has 13 atom stereocenters. The molecule has 11 heteroatoms. The van der Waals surface area contributed by atoms with Crippen LogP contribution in [0.4, 0.5) is 0 Å². The molecule has 0 radical (unpaired) electrons. The van der Waals surface area contributed by atoms with E-state index >= 15 is 0 Å². The Balaban J connectivity index is 1.22. The molecule has 0 bridgehead atoms. The molecule has 11 nitrogen and oxygen atoms in total. The van der Waals surface area contributed by atoms with E-state index < -0.39 is 71.1 Å². The summed E-state index contributed by atoms with van der Waals surface area (Å²) in [5.41, 5.74) is -3.50. The zero-order chi connectivity index (χ0) is 29.4. The van der Waals surface area contributed by atoms with E-state index in [9.17, 15) is 40.2 Å².